The lowest BCUT2D eigenvalue weighted by atomic mass is 9.93. The van der Waals surface area contributed by atoms with Crippen molar-refractivity contribution in [1.29, 1.82) is 0 Å². The third kappa shape index (κ3) is 6.28. The van der Waals surface area contributed by atoms with E-state index in [0.717, 1.165) is 6.42 Å². The van der Waals surface area contributed by atoms with Gasteiger partial charge in [0.1, 0.15) is 29.5 Å². The van der Waals surface area contributed by atoms with Gasteiger partial charge in [-0.2, -0.15) is 49.5 Å². The standard InChI is InChI=1S/C39H35F11N6O2/c1-3-21-17-56-22(16-51-21)10-12-27-29-32(30(41)31(52-27)25-8-5-7-20-9-11-26(40)24(4-2)28(20)25)53-34(54-33(29)56)57-19-35-13-6-14-55(35)18-23(15-35)58-36(37(42,43)44,38(45,46)47)39(48,49)50/h2,5,7-9,11,21-23,51H,3,6,10,12-19H2,1H3/t21-,22-,23?,35?/m1/s1. The predicted molar refractivity (Wildman–Crippen MR) is 189 cm³/mol. The number of hydrogen-bond acceptors (Lipinski definition) is 8. The highest BCUT2D eigenvalue weighted by Gasteiger charge is 2.86. The fraction of sp³-hybridized carbons (Fsp3) is 0.513. The minimum atomic E-state index is -6.88. The van der Waals surface area contributed by atoms with Gasteiger partial charge in [-0.3, -0.25) is 4.90 Å². The van der Waals surface area contributed by atoms with Crippen molar-refractivity contribution in [3.8, 4) is 29.6 Å². The van der Waals surface area contributed by atoms with E-state index < -0.39 is 67.0 Å². The molecule has 8 nitrogen and oxygen atoms in total. The topological polar surface area (TPSA) is 75.6 Å². The number of nitrogens with zero attached hydrogens (tertiary/aromatic N) is 5. The van der Waals surface area contributed by atoms with Gasteiger partial charge in [-0.25, -0.2) is 13.8 Å². The number of pyridine rings is 1. The monoisotopic (exact) mass is 828 g/mol. The Hall–Kier alpha value is -4.54. The second-order valence-corrected chi connectivity index (χ2v) is 15.3. The summed E-state index contributed by atoms with van der Waals surface area (Å²) >= 11 is 0. The summed E-state index contributed by atoms with van der Waals surface area (Å²) < 4.78 is 167. The zero-order valence-electron chi connectivity index (χ0n) is 30.7. The number of alkyl halides is 9. The van der Waals surface area contributed by atoms with Crippen LogP contribution in [0.2, 0.25) is 0 Å². The molecule has 6 heterocycles. The lowest BCUT2D eigenvalue weighted by Gasteiger charge is -2.40. The summed E-state index contributed by atoms with van der Waals surface area (Å²) in [5.41, 5.74) is -7.61. The molecule has 58 heavy (non-hydrogen) atoms. The third-order valence-electron chi connectivity index (χ3n) is 12.0. The molecule has 4 aromatic rings. The molecule has 8 rings (SSSR count). The number of hydrogen-bond donors (Lipinski definition) is 1. The van der Waals surface area contributed by atoms with Crippen molar-refractivity contribution in [3.63, 3.8) is 0 Å². The van der Waals surface area contributed by atoms with Crippen LogP contribution >= 0.6 is 0 Å². The van der Waals surface area contributed by atoms with Crippen molar-refractivity contribution in [1.82, 2.24) is 25.2 Å². The SMILES string of the molecule is C#Cc1c(F)ccc2cccc(-c3nc4c5c(nc(OCC67CCCN6CC(OC(C(F)(F)F)(C(F)(F)F)C(F)(F)F)C7)nc5c3F)N3C[C@@H](CC)NC[C@H]3CC4)c12. The molecule has 0 aliphatic carbocycles. The molecule has 3 saturated heterocycles. The zero-order chi connectivity index (χ0) is 41.6. The van der Waals surface area contributed by atoms with E-state index in [1.54, 1.807) is 18.2 Å². The number of terminal acetylenes is 1. The smallest absolute Gasteiger partial charge is 0.435 e. The summed E-state index contributed by atoms with van der Waals surface area (Å²) in [6.45, 7) is 1.98. The van der Waals surface area contributed by atoms with Crippen molar-refractivity contribution < 1.29 is 57.8 Å². The van der Waals surface area contributed by atoms with Crippen LogP contribution in [0.5, 0.6) is 6.01 Å². The van der Waals surface area contributed by atoms with Gasteiger partial charge in [0.25, 0.3) is 0 Å². The van der Waals surface area contributed by atoms with E-state index in [2.05, 4.69) is 21.0 Å². The Morgan fingerprint density at radius 2 is 1.69 bits per heavy atom. The Labute approximate surface area is 324 Å². The molecule has 0 bridgehead atoms. The summed E-state index contributed by atoms with van der Waals surface area (Å²) in [4.78, 5) is 17.4. The molecular formula is C39H35F11N6O2. The van der Waals surface area contributed by atoms with Crippen LogP contribution in [0, 0.1) is 24.0 Å². The van der Waals surface area contributed by atoms with Crippen LogP contribution in [0.25, 0.3) is 32.9 Å². The summed E-state index contributed by atoms with van der Waals surface area (Å²) in [7, 11) is 0. The maximum Gasteiger partial charge on any atom is 0.435 e. The van der Waals surface area contributed by atoms with Crippen LogP contribution in [-0.2, 0) is 11.2 Å². The van der Waals surface area contributed by atoms with Gasteiger partial charge >= 0.3 is 30.1 Å². The van der Waals surface area contributed by atoms with Gasteiger partial charge in [-0.15, -0.1) is 6.42 Å². The fourth-order valence-electron chi connectivity index (χ4n) is 9.16. The van der Waals surface area contributed by atoms with Crippen LogP contribution in [0.15, 0.2) is 30.3 Å². The number of piperazine rings is 1. The van der Waals surface area contributed by atoms with Crippen molar-refractivity contribution in [3.05, 3.63) is 53.2 Å². The number of fused-ring (bicyclic) bond motifs is 4. The lowest BCUT2D eigenvalue weighted by Crippen LogP contribution is -2.68. The van der Waals surface area contributed by atoms with Crippen LogP contribution in [0.4, 0.5) is 54.1 Å². The van der Waals surface area contributed by atoms with Crippen molar-refractivity contribution in [2.75, 3.05) is 37.7 Å². The van der Waals surface area contributed by atoms with Gasteiger partial charge in [0, 0.05) is 42.7 Å². The Bertz CT molecular complexity index is 2270. The maximum absolute atomic E-state index is 17.2. The summed E-state index contributed by atoms with van der Waals surface area (Å²) in [5, 5.41) is 4.57. The number of rotatable bonds is 7. The quantitative estimate of drug-likeness (QED) is 0.148. The van der Waals surface area contributed by atoms with Crippen LogP contribution in [-0.4, -0.2) is 100 Å². The van der Waals surface area contributed by atoms with E-state index in [0.29, 0.717) is 54.6 Å². The minimum absolute atomic E-state index is 0.0237. The molecule has 2 aromatic heterocycles. The molecule has 2 unspecified atom stereocenters. The second kappa shape index (κ2) is 14.0. The first-order valence-corrected chi connectivity index (χ1v) is 18.7. The largest absolute Gasteiger partial charge is 0.461 e. The van der Waals surface area contributed by atoms with Crippen molar-refractivity contribution >= 4 is 27.5 Å². The molecule has 0 amide bonds. The summed E-state index contributed by atoms with van der Waals surface area (Å²) in [5.74, 6) is 1.04. The molecule has 2 aromatic carbocycles. The lowest BCUT2D eigenvalue weighted by molar-refractivity contribution is -0.463. The van der Waals surface area contributed by atoms with E-state index in [9.17, 15) is 39.5 Å². The van der Waals surface area contributed by atoms with E-state index in [1.807, 2.05) is 11.8 Å². The molecule has 0 spiro atoms. The summed E-state index contributed by atoms with van der Waals surface area (Å²) in [6.07, 6.45) is -15.5. The second-order valence-electron chi connectivity index (χ2n) is 15.3. The number of nitrogens with one attached hydrogen (secondary N) is 1. The van der Waals surface area contributed by atoms with Crippen LogP contribution in [0.1, 0.15) is 50.3 Å². The molecular weight excluding hydrogens is 793 g/mol. The first-order valence-electron chi connectivity index (χ1n) is 18.7. The normalized spacial score (nSPS) is 24.2. The molecule has 1 N–H and O–H groups in total. The number of aryl methyl sites for hydroxylation is 1. The molecule has 3 fully saturated rings. The highest BCUT2D eigenvalue weighted by Crippen LogP contribution is 2.57. The number of ether oxygens (including phenoxy) is 2. The van der Waals surface area contributed by atoms with Gasteiger partial charge < -0.3 is 19.7 Å². The highest BCUT2D eigenvalue weighted by molar-refractivity contribution is 6.02. The number of benzene rings is 2. The van der Waals surface area contributed by atoms with Gasteiger partial charge in [0.15, 0.2) is 5.82 Å². The minimum Gasteiger partial charge on any atom is -0.461 e. The van der Waals surface area contributed by atoms with E-state index in [1.165, 1.54) is 17.0 Å². The van der Waals surface area contributed by atoms with E-state index in [-0.39, 0.29) is 58.8 Å². The average molecular weight is 829 g/mol. The van der Waals surface area contributed by atoms with Crippen molar-refractivity contribution in [2.24, 2.45) is 0 Å². The molecule has 0 radical (unpaired) electrons. The first-order chi connectivity index (χ1) is 27.3. The molecule has 19 heteroatoms. The van der Waals surface area contributed by atoms with Crippen LogP contribution in [0.3, 0.4) is 0 Å². The number of aromatic nitrogens is 3. The van der Waals surface area contributed by atoms with Gasteiger partial charge in [-0.05, 0) is 56.5 Å². The molecule has 4 atom stereocenters. The Kier molecular flexibility index (Phi) is 9.75. The fourth-order valence-corrected chi connectivity index (χ4v) is 9.16. The van der Waals surface area contributed by atoms with Crippen LogP contribution < -0.4 is 15.0 Å². The molecule has 4 aliphatic heterocycles. The number of anilines is 1. The van der Waals surface area contributed by atoms with E-state index >= 15 is 8.78 Å². The van der Waals surface area contributed by atoms with Crippen molar-refractivity contribution in [2.45, 2.75) is 93.3 Å². The maximum atomic E-state index is 17.2. The molecule has 4 aliphatic rings. The van der Waals surface area contributed by atoms with Gasteiger partial charge in [-0.1, -0.05) is 37.1 Å². The number of halogens is 11. The molecule has 310 valence electrons. The summed E-state index contributed by atoms with van der Waals surface area (Å²) in [6, 6.07) is 7.10. The Morgan fingerprint density at radius 3 is 2.38 bits per heavy atom. The van der Waals surface area contributed by atoms with Gasteiger partial charge in [0.05, 0.1) is 28.3 Å². The average Bonchev–Trinajstić information content (AvgIpc) is 3.66. The Morgan fingerprint density at radius 1 is 0.948 bits per heavy atom. The highest BCUT2D eigenvalue weighted by atomic mass is 19.4. The van der Waals surface area contributed by atoms with E-state index in [4.69, 9.17) is 21.1 Å². The predicted octanol–water partition coefficient (Wildman–Crippen LogP) is 8.04. The molecule has 0 saturated carbocycles. The van der Waals surface area contributed by atoms with Gasteiger partial charge in [0.2, 0.25) is 0 Å². The third-order valence-corrected chi connectivity index (χ3v) is 12.0. The Balaban J connectivity index is 1.21. The first kappa shape index (κ1) is 40.2. The zero-order valence-corrected chi connectivity index (χ0v) is 30.7.